The Kier molecular flexibility index (Phi) is 4.92. The number of rotatable bonds is 4. The molecule has 1 N–H and O–H groups in total. The minimum absolute atomic E-state index is 0.123. The summed E-state index contributed by atoms with van der Waals surface area (Å²) in [6, 6.07) is 4.21. The minimum Gasteiger partial charge on any atom is -0.381 e. The van der Waals surface area contributed by atoms with E-state index in [4.69, 9.17) is 16.3 Å². The maximum absolute atomic E-state index is 12.0. The number of carbonyl (C=O) groups excluding carboxylic acids is 1. The smallest absolute Gasteiger partial charge is 0.288 e. The van der Waals surface area contributed by atoms with E-state index in [9.17, 15) is 14.9 Å². The van der Waals surface area contributed by atoms with Gasteiger partial charge in [0.1, 0.15) is 5.02 Å². The number of nitro groups is 1. The molecule has 1 aliphatic heterocycles. The number of hydrogen-bond donors (Lipinski definition) is 1. The molecule has 0 unspecified atom stereocenters. The Balaban J connectivity index is 2.01. The number of hydrogen-bond acceptors (Lipinski definition) is 4. The number of ether oxygens (including phenoxy) is 1. The van der Waals surface area contributed by atoms with Crippen LogP contribution in [0.2, 0.25) is 5.02 Å². The molecule has 0 bridgehead atoms. The second-order valence-electron chi connectivity index (χ2n) is 4.66. The van der Waals surface area contributed by atoms with Crippen molar-refractivity contribution in [3.05, 3.63) is 38.9 Å². The molecule has 1 saturated heterocycles. The summed E-state index contributed by atoms with van der Waals surface area (Å²) in [6.07, 6.45) is 1.81. The van der Waals surface area contributed by atoms with Gasteiger partial charge in [-0.25, -0.2) is 0 Å². The van der Waals surface area contributed by atoms with Gasteiger partial charge >= 0.3 is 0 Å². The third-order valence-corrected chi connectivity index (χ3v) is 3.71. The maximum Gasteiger partial charge on any atom is 0.288 e. The van der Waals surface area contributed by atoms with Gasteiger partial charge in [0.05, 0.1) is 10.5 Å². The molecule has 108 valence electrons. The van der Waals surface area contributed by atoms with Crippen LogP contribution in [0, 0.1) is 16.0 Å². The quantitative estimate of drug-likeness (QED) is 0.683. The summed E-state index contributed by atoms with van der Waals surface area (Å²) in [5, 5.41) is 13.4. The zero-order valence-electron chi connectivity index (χ0n) is 10.8. The average Bonchev–Trinajstić information content (AvgIpc) is 2.46. The molecular formula is C13H15ClN2O4. The molecule has 0 saturated carbocycles. The van der Waals surface area contributed by atoms with Gasteiger partial charge in [0.25, 0.3) is 11.6 Å². The van der Waals surface area contributed by atoms with Crippen LogP contribution in [0.3, 0.4) is 0 Å². The van der Waals surface area contributed by atoms with Crippen LogP contribution in [0.15, 0.2) is 18.2 Å². The number of benzene rings is 1. The lowest BCUT2D eigenvalue weighted by Crippen LogP contribution is -2.32. The highest BCUT2D eigenvalue weighted by Gasteiger charge is 2.21. The lowest BCUT2D eigenvalue weighted by atomic mass is 10.0. The summed E-state index contributed by atoms with van der Waals surface area (Å²) in [5.74, 6) is -0.00429. The molecule has 1 heterocycles. The van der Waals surface area contributed by atoms with Gasteiger partial charge in [0.2, 0.25) is 0 Å². The molecule has 20 heavy (non-hydrogen) atoms. The normalized spacial score (nSPS) is 15.8. The number of carbonyl (C=O) groups is 1. The van der Waals surface area contributed by atoms with E-state index in [2.05, 4.69) is 5.32 Å². The Morgan fingerprint density at radius 1 is 1.45 bits per heavy atom. The highest BCUT2D eigenvalue weighted by atomic mass is 35.5. The lowest BCUT2D eigenvalue weighted by Gasteiger charge is -2.22. The highest BCUT2D eigenvalue weighted by molar-refractivity contribution is 6.35. The molecule has 0 atom stereocenters. The van der Waals surface area contributed by atoms with Crippen molar-refractivity contribution in [1.29, 1.82) is 0 Å². The first kappa shape index (κ1) is 14.7. The molecule has 1 aromatic carbocycles. The molecular weight excluding hydrogens is 284 g/mol. The summed E-state index contributed by atoms with van der Waals surface area (Å²) >= 11 is 5.90. The molecule has 6 nitrogen and oxygen atoms in total. The Hall–Kier alpha value is -1.66. The third-order valence-electron chi connectivity index (χ3n) is 3.31. The van der Waals surface area contributed by atoms with Crippen molar-refractivity contribution in [2.45, 2.75) is 12.8 Å². The largest absolute Gasteiger partial charge is 0.381 e. The summed E-state index contributed by atoms with van der Waals surface area (Å²) < 4.78 is 5.24. The molecule has 0 aliphatic carbocycles. The monoisotopic (exact) mass is 298 g/mol. The molecule has 0 spiro atoms. The van der Waals surface area contributed by atoms with Gasteiger partial charge in [0, 0.05) is 25.8 Å². The average molecular weight is 299 g/mol. The fraction of sp³-hybridized carbons (Fsp3) is 0.462. The second-order valence-corrected chi connectivity index (χ2v) is 5.04. The summed E-state index contributed by atoms with van der Waals surface area (Å²) in [6.45, 7) is 1.94. The van der Waals surface area contributed by atoms with E-state index >= 15 is 0 Å². The van der Waals surface area contributed by atoms with Crippen molar-refractivity contribution in [3.8, 4) is 0 Å². The first-order chi connectivity index (χ1) is 9.59. The molecule has 1 amide bonds. The highest BCUT2D eigenvalue weighted by Crippen LogP contribution is 2.27. The minimum atomic E-state index is -0.600. The summed E-state index contributed by atoms with van der Waals surface area (Å²) in [7, 11) is 0. The van der Waals surface area contributed by atoms with Crippen molar-refractivity contribution >= 4 is 23.2 Å². The third kappa shape index (κ3) is 3.46. The number of halogens is 1. The number of nitrogens with zero attached hydrogens (tertiary/aromatic N) is 1. The van der Waals surface area contributed by atoms with Crippen molar-refractivity contribution in [2.24, 2.45) is 5.92 Å². The zero-order chi connectivity index (χ0) is 14.5. The van der Waals surface area contributed by atoms with Crippen LogP contribution in [0.5, 0.6) is 0 Å². The molecule has 1 aliphatic rings. The van der Waals surface area contributed by atoms with Crippen LogP contribution in [0.4, 0.5) is 5.69 Å². The van der Waals surface area contributed by atoms with E-state index in [0.717, 1.165) is 12.8 Å². The van der Waals surface area contributed by atoms with Crippen LogP contribution >= 0.6 is 11.6 Å². The van der Waals surface area contributed by atoms with E-state index in [-0.39, 0.29) is 22.2 Å². The van der Waals surface area contributed by atoms with Gasteiger partial charge in [-0.15, -0.1) is 0 Å². The fourth-order valence-electron chi connectivity index (χ4n) is 2.12. The van der Waals surface area contributed by atoms with E-state index < -0.39 is 4.92 Å². The van der Waals surface area contributed by atoms with E-state index in [0.29, 0.717) is 25.7 Å². The topological polar surface area (TPSA) is 81.5 Å². The number of nitrogens with one attached hydrogen (secondary N) is 1. The summed E-state index contributed by atoms with van der Waals surface area (Å²) in [4.78, 5) is 22.2. The van der Waals surface area contributed by atoms with E-state index in [1.807, 2.05) is 0 Å². The standard InChI is InChI=1S/C13H15ClN2O4/c14-12-10(2-1-3-11(12)16(18)19)13(17)15-8-9-4-6-20-7-5-9/h1-3,9H,4-8H2,(H,15,17). The predicted octanol–water partition coefficient (Wildman–Crippen LogP) is 2.40. The van der Waals surface area contributed by atoms with Crippen LogP contribution < -0.4 is 5.32 Å². The first-order valence-electron chi connectivity index (χ1n) is 6.38. The molecule has 7 heteroatoms. The van der Waals surface area contributed by atoms with Crippen molar-refractivity contribution in [1.82, 2.24) is 5.32 Å². The molecule has 2 rings (SSSR count). The second kappa shape index (κ2) is 6.67. The number of nitro benzene ring substituents is 1. The van der Waals surface area contributed by atoms with Gasteiger partial charge in [0.15, 0.2) is 0 Å². The zero-order valence-corrected chi connectivity index (χ0v) is 11.6. The molecule has 0 radical (unpaired) electrons. The van der Waals surface area contributed by atoms with Gasteiger partial charge in [-0.3, -0.25) is 14.9 Å². The maximum atomic E-state index is 12.0. The number of amides is 1. The van der Waals surface area contributed by atoms with Crippen LogP contribution in [0.1, 0.15) is 23.2 Å². The SMILES string of the molecule is O=C(NCC1CCOCC1)c1cccc([N+](=O)[O-])c1Cl. The summed E-state index contributed by atoms with van der Waals surface area (Å²) in [5.41, 5.74) is -0.127. The Bertz CT molecular complexity index is 515. The first-order valence-corrected chi connectivity index (χ1v) is 6.76. The van der Waals surface area contributed by atoms with Gasteiger partial charge in [-0.1, -0.05) is 17.7 Å². The Morgan fingerprint density at radius 3 is 2.80 bits per heavy atom. The van der Waals surface area contributed by atoms with E-state index in [1.54, 1.807) is 0 Å². The van der Waals surface area contributed by atoms with Crippen molar-refractivity contribution in [3.63, 3.8) is 0 Å². The Morgan fingerprint density at radius 2 is 2.15 bits per heavy atom. The van der Waals surface area contributed by atoms with Crippen LogP contribution in [-0.4, -0.2) is 30.6 Å². The molecule has 1 aromatic rings. The van der Waals surface area contributed by atoms with Crippen molar-refractivity contribution < 1.29 is 14.5 Å². The van der Waals surface area contributed by atoms with E-state index in [1.165, 1.54) is 18.2 Å². The van der Waals surface area contributed by atoms with Gasteiger partial charge in [-0.05, 0) is 24.8 Å². The van der Waals surface area contributed by atoms with Gasteiger partial charge in [-0.2, -0.15) is 0 Å². The van der Waals surface area contributed by atoms with Gasteiger partial charge < -0.3 is 10.1 Å². The lowest BCUT2D eigenvalue weighted by molar-refractivity contribution is -0.384. The van der Waals surface area contributed by atoms with Crippen LogP contribution in [-0.2, 0) is 4.74 Å². The Labute approximate surface area is 121 Å². The predicted molar refractivity (Wildman–Crippen MR) is 74.0 cm³/mol. The molecule has 1 fully saturated rings. The molecule has 0 aromatic heterocycles. The fourth-order valence-corrected chi connectivity index (χ4v) is 2.40. The van der Waals surface area contributed by atoms with Crippen LogP contribution in [0.25, 0.3) is 0 Å². The van der Waals surface area contributed by atoms with Crippen molar-refractivity contribution in [2.75, 3.05) is 19.8 Å².